The standard InChI is InChI=1S/C10H11ClO2/c1-7(2)13-10-4-3-9(11)5-8(10)6-12/h3-7H,1-2H3. The molecule has 0 amide bonds. The van der Waals surface area contributed by atoms with Crippen molar-refractivity contribution in [3.8, 4) is 5.75 Å². The zero-order valence-electron chi connectivity index (χ0n) is 7.58. The SMILES string of the molecule is CC(C)Oc1ccc(Cl)cc1C=O. The molecule has 0 saturated carbocycles. The van der Waals surface area contributed by atoms with E-state index in [0.717, 1.165) is 6.29 Å². The van der Waals surface area contributed by atoms with Gasteiger partial charge in [-0.1, -0.05) is 11.6 Å². The minimum absolute atomic E-state index is 0.0554. The predicted molar refractivity (Wildman–Crippen MR) is 52.6 cm³/mol. The molecule has 2 nitrogen and oxygen atoms in total. The molecule has 0 N–H and O–H groups in total. The quantitative estimate of drug-likeness (QED) is 0.698. The molecule has 0 aliphatic heterocycles. The molecule has 0 aliphatic carbocycles. The van der Waals surface area contributed by atoms with E-state index in [-0.39, 0.29) is 6.10 Å². The fraction of sp³-hybridized carbons (Fsp3) is 0.300. The number of aldehydes is 1. The average molecular weight is 199 g/mol. The van der Waals surface area contributed by atoms with E-state index in [4.69, 9.17) is 16.3 Å². The molecule has 1 rings (SSSR count). The highest BCUT2D eigenvalue weighted by molar-refractivity contribution is 6.30. The predicted octanol–water partition coefficient (Wildman–Crippen LogP) is 2.94. The van der Waals surface area contributed by atoms with Gasteiger partial charge in [-0.15, -0.1) is 0 Å². The second kappa shape index (κ2) is 4.28. The van der Waals surface area contributed by atoms with Crippen LogP contribution in [0.15, 0.2) is 18.2 Å². The maximum Gasteiger partial charge on any atom is 0.153 e. The van der Waals surface area contributed by atoms with Crippen LogP contribution in [0.1, 0.15) is 24.2 Å². The number of rotatable bonds is 3. The van der Waals surface area contributed by atoms with Crippen LogP contribution in [0.5, 0.6) is 5.75 Å². The lowest BCUT2D eigenvalue weighted by atomic mass is 10.2. The summed E-state index contributed by atoms with van der Waals surface area (Å²) in [5.74, 6) is 0.578. The number of hydrogen-bond donors (Lipinski definition) is 0. The molecular weight excluding hydrogens is 188 g/mol. The number of carbonyl (C=O) groups is 1. The van der Waals surface area contributed by atoms with Gasteiger partial charge in [0, 0.05) is 5.02 Å². The Kier molecular flexibility index (Phi) is 3.32. The lowest BCUT2D eigenvalue weighted by molar-refractivity contribution is 0.111. The molecule has 0 fully saturated rings. The van der Waals surface area contributed by atoms with Crippen LogP contribution >= 0.6 is 11.6 Å². The van der Waals surface area contributed by atoms with E-state index in [1.165, 1.54) is 0 Å². The number of carbonyl (C=O) groups excluding carboxylic acids is 1. The number of halogens is 1. The van der Waals surface area contributed by atoms with Crippen molar-refractivity contribution in [1.82, 2.24) is 0 Å². The normalized spacial score (nSPS) is 10.2. The Morgan fingerprint density at radius 2 is 2.15 bits per heavy atom. The van der Waals surface area contributed by atoms with Gasteiger partial charge in [0.2, 0.25) is 0 Å². The van der Waals surface area contributed by atoms with Crippen LogP contribution in [0.3, 0.4) is 0 Å². The minimum Gasteiger partial charge on any atom is -0.490 e. The molecule has 0 atom stereocenters. The second-order valence-corrected chi connectivity index (χ2v) is 3.40. The van der Waals surface area contributed by atoms with Gasteiger partial charge in [-0.3, -0.25) is 4.79 Å². The van der Waals surface area contributed by atoms with Gasteiger partial charge in [0.05, 0.1) is 11.7 Å². The summed E-state index contributed by atoms with van der Waals surface area (Å²) in [7, 11) is 0. The third kappa shape index (κ3) is 2.74. The largest absolute Gasteiger partial charge is 0.490 e. The van der Waals surface area contributed by atoms with E-state index >= 15 is 0 Å². The fourth-order valence-corrected chi connectivity index (χ4v) is 1.15. The van der Waals surface area contributed by atoms with E-state index < -0.39 is 0 Å². The summed E-state index contributed by atoms with van der Waals surface area (Å²) in [6.07, 6.45) is 0.795. The molecule has 0 radical (unpaired) electrons. The van der Waals surface area contributed by atoms with Crippen LogP contribution in [-0.2, 0) is 0 Å². The van der Waals surface area contributed by atoms with Crippen molar-refractivity contribution in [1.29, 1.82) is 0 Å². The first-order chi connectivity index (χ1) is 6.13. The van der Waals surface area contributed by atoms with E-state index in [2.05, 4.69) is 0 Å². The highest BCUT2D eigenvalue weighted by Crippen LogP contribution is 2.22. The van der Waals surface area contributed by atoms with Crippen molar-refractivity contribution >= 4 is 17.9 Å². The molecule has 0 spiro atoms. The van der Waals surface area contributed by atoms with Gasteiger partial charge in [0.1, 0.15) is 5.75 Å². The van der Waals surface area contributed by atoms with Gasteiger partial charge in [-0.25, -0.2) is 0 Å². The van der Waals surface area contributed by atoms with Gasteiger partial charge < -0.3 is 4.74 Å². The molecule has 0 saturated heterocycles. The maximum absolute atomic E-state index is 10.6. The maximum atomic E-state index is 10.6. The van der Waals surface area contributed by atoms with Crippen LogP contribution < -0.4 is 4.74 Å². The van der Waals surface area contributed by atoms with Crippen LogP contribution in [-0.4, -0.2) is 12.4 Å². The third-order valence-electron chi connectivity index (χ3n) is 1.46. The number of ether oxygens (including phenoxy) is 1. The Bertz CT molecular complexity index is 308. The third-order valence-corrected chi connectivity index (χ3v) is 1.70. The summed E-state index contributed by atoms with van der Waals surface area (Å²) >= 11 is 5.72. The zero-order valence-corrected chi connectivity index (χ0v) is 8.34. The van der Waals surface area contributed by atoms with Crippen molar-refractivity contribution in [2.75, 3.05) is 0 Å². The first kappa shape index (κ1) is 10.1. The van der Waals surface area contributed by atoms with E-state index in [9.17, 15) is 4.79 Å². The van der Waals surface area contributed by atoms with Gasteiger partial charge in [0.15, 0.2) is 6.29 Å². The molecule has 0 aromatic heterocycles. The summed E-state index contributed by atoms with van der Waals surface area (Å²) < 4.78 is 5.40. The molecule has 0 unspecified atom stereocenters. The Labute approximate surface area is 82.5 Å². The Balaban J connectivity index is 2.99. The smallest absolute Gasteiger partial charge is 0.153 e. The number of hydrogen-bond acceptors (Lipinski definition) is 2. The molecule has 1 aromatic rings. The zero-order chi connectivity index (χ0) is 9.84. The first-order valence-corrected chi connectivity index (χ1v) is 4.42. The highest BCUT2D eigenvalue weighted by Gasteiger charge is 2.04. The summed E-state index contributed by atoms with van der Waals surface area (Å²) in [6.45, 7) is 3.81. The molecule has 13 heavy (non-hydrogen) atoms. The van der Waals surface area contributed by atoms with Gasteiger partial charge in [0.25, 0.3) is 0 Å². The molecule has 1 aromatic carbocycles. The summed E-state index contributed by atoms with van der Waals surface area (Å²) in [5.41, 5.74) is 0.487. The van der Waals surface area contributed by atoms with Gasteiger partial charge >= 0.3 is 0 Å². The Morgan fingerprint density at radius 1 is 1.46 bits per heavy atom. The van der Waals surface area contributed by atoms with Gasteiger partial charge in [-0.2, -0.15) is 0 Å². The molecule has 0 bridgehead atoms. The van der Waals surface area contributed by atoms with E-state index in [0.29, 0.717) is 16.3 Å². The molecule has 0 aliphatic rings. The minimum atomic E-state index is 0.0554. The Morgan fingerprint density at radius 3 is 2.69 bits per heavy atom. The van der Waals surface area contributed by atoms with Crippen LogP contribution in [0.4, 0.5) is 0 Å². The number of benzene rings is 1. The molecular formula is C10H11ClO2. The Hall–Kier alpha value is -1.02. The topological polar surface area (TPSA) is 26.3 Å². The molecule has 70 valence electrons. The van der Waals surface area contributed by atoms with Crippen LogP contribution in [0.25, 0.3) is 0 Å². The van der Waals surface area contributed by atoms with Crippen molar-refractivity contribution in [2.24, 2.45) is 0 Å². The molecule has 3 heteroatoms. The van der Waals surface area contributed by atoms with Crippen molar-refractivity contribution in [2.45, 2.75) is 20.0 Å². The fourth-order valence-electron chi connectivity index (χ4n) is 0.973. The second-order valence-electron chi connectivity index (χ2n) is 2.97. The first-order valence-electron chi connectivity index (χ1n) is 4.05. The molecule has 0 heterocycles. The van der Waals surface area contributed by atoms with Crippen molar-refractivity contribution in [3.63, 3.8) is 0 Å². The van der Waals surface area contributed by atoms with Crippen molar-refractivity contribution in [3.05, 3.63) is 28.8 Å². The summed E-state index contributed by atoms with van der Waals surface area (Å²) in [5, 5.41) is 0.540. The van der Waals surface area contributed by atoms with Crippen molar-refractivity contribution < 1.29 is 9.53 Å². The van der Waals surface area contributed by atoms with E-state index in [1.54, 1.807) is 18.2 Å². The van der Waals surface area contributed by atoms with Crippen LogP contribution in [0.2, 0.25) is 5.02 Å². The average Bonchev–Trinajstić information content (AvgIpc) is 2.07. The van der Waals surface area contributed by atoms with Crippen LogP contribution in [0, 0.1) is 0 Å². The van der Waals surface area contributed by atoms with E-state index in [1.807, 2.05) is 13.8 Å². The van der Waals surface area contributed by atoms with Gasteiger partial charge in [-0.05, 0) is 32.0 Å². The summed E-state index contributed by atoms with van der Waals surface area (Å²) in [6, 6.07) is 4.99. The summed E-state index contributed by atoms with van der Waals surface area (Å²) in [4.78, 5) is 10.6. The highest BCUT2D eigenvalue weighted by atomic mass is 35.5. The monoisotopic (exact) mass is 198 g/mol. The lowest BCUT2D eigenvalue weighted by Crippen LogP contribution is -2.07. The lowest BCUT2D eigenvalue weighted by Gasteiger charge is -2.11.